The number of fused-ring (bicyclic) bond motifs is 1. The molecule has 1 aromatic heterocycles. The standard InChI is InChI=1S/C20H22FN3O/c21-15-9-7-14(8-10-15)20(25)12-16-4-3-11-24(16)13-19-17-5-1-2-6-18(17)22-23-19/h1-2,5-10,16,20,25H,3-4,11-13H2,(H,22,23). The number of nitrogens with zero attached hydrogens (tertiary/aromatic N) is 2. The van der Waals surface area contributed by atoms with Gasteiger partial charge in [0.05, 0.1) is 17.3 Å². The maximum atomic E-state index is 13.1. The fraction of sp³-hybridized carbons (Fsp3) is 0.350. The van der Waals surface area contributed by atoms with E-state index < -0.39 is 6.10 Å². The Balaban J connectivity index is 1.46. The summed E-state index contributed by atoms with van der Waals surface area (Å²) in [6.45, 7) is 1.83. The van der Waals surface area contributed by atoms with Gasteiger partial charge in [-0.25, -0.2) is 4.39 Å². The van der Waals surface area contributed by atoms with Crippen molar-refractivity contribution in [3.63, 3.8) is 0 Å². The lowest BCUT2D eigenvalue weighted by Gasteiger charge is -2.26. The van der Waals surface area contributed by atoms with Crippen molar-refractivity contribution in [3.05, 3.63) is 65.6 Å². The van der Waals surface area contributed by atoms with Gasteiger partial charge in [0, 0.05) is 18.0 Å². The van der Waals surface area contributed by atoms with Crippen LogP contribution in [0.25, 0.3) is 10.9 Å². The van der Waals surface area contributed by atoms with E-state index in [9.17, 15) is 9.50 Å². The van der Waals surface area contributed by atoms with Gasteiger partial charge >= 0.3 is 0 Å². The maximum Gasteiger partial charge on any atom is 0.123 e. The highest BCUT2D eigenvalue weighted by atomic mass is 19.1. The zero-order chi connectivity index (χ0) is 17.2. The van der Waals surface area contributed by atoms with Crippen molar-refractivity contribution in [2.24, 2.45) is 0 Å². The van der Waals surface area contributed by atoms with Crippen LogP contribution in [0.4, 0.5) is 4.39 Å². The van der Waals surface area contributed by atoms with Gasteiger partial charge in [-0.15, -0.1) is 0 Å². The molecule has 3 aromatic rings. The third kappa shape index (κ3) is 3.43. The van der Waals surface area contributed by atoms with Crippen molar-refractivity contribution in [1.82, 2.24) is 15.1 Å². The molecule has 0 amide bonds. The number of nitrogens with one attached hydrogen (secondary N) is 1. The highest BCUT2D eigenvalue weighted by Crippen LogP contribution is 2.29. The highest BCUT2D eigenvalue weighted by molar-refractivity contribution is 5.81. The number of para-hydroxylation sites is 1. The summed E-state index contributed by atoms with van der Waals surface area (Å²) in [7, 11) is 0. The summed E-state index contributed by atoms with van der Waals surface area (Å²) in [5.41, 5.74) is 2.89. The molecule has 0 radical (unpaired) electrons. The number of hydrogen-bond donors (Lipinski definition) is 2. The normalized spacial score (nSPS) is 19.5. The molecule has 1 aliphatic heterocycles. The van der Waals surface area contributed by atoms with Gasteiger partial charge in [0.15, 0.2) is 0 Å². The van der Waals surface area contributed by atoms with Gasteiger partial charge in [-0.2, -0.15) is 5.10 Å². The van der Waals surface area contributed by atoms with Crippen molar-refractivity contribution >= 4 is 10.9 Å². The van der Waals surface area contributed by atoms with Crippen molar-refractivity contribution in [3.8, 4) is 0 Å². The average Bonchev–Trinajstić information content (AvgIpc) is 3.23. The lowest BCUT2D eigenvalue weighted by atomic mass is 10.0. The first-order valence-corrected chi connectivity index (χ1v) is 8.80. The molecule has 2 atom stereocenters. The van der Waals surface area contributed by atoms with Gasteiger partial charge < -0.3 is 5.11 Å². The molecule has 0 aliphatic carbocycles. The average molecular weight is 339 g/mol. The van der Waals surface area contributed by atoms with E-state index in [2.05, 4.69) is 21.2 Å². The van der Waals surface area contributed by atoms with Gasteiger partial charge in [0.1, 0.15) is 5.82 Å². The molecule has 25 heavy (non-hydrogen) atoms. The number of benzene rings is 2. The molecule has 0 bridgehead atoms. The zero-order valence-corrected chi connectivity index (χ0v) is 14.0. The Labute approximate surface area is 146 Å². The number of halogens is 1. The second kappa shape index (κ2) is 6.94. The molecule has 4 rings (SSSR count). The minimum atomic E-state index is -0.565. The van der Waals surface area contributed by atoms with E-state index in [1.54, 1.807) is 12.1 Å². The van der Waals surface area contributed by atoms with Crippen molar-refractivity contribution in [2.75, 3.05) is 6.54 Å². The van der Waals surface area contributed by atoms with Crippen molar-refractivity contribution in [1.29, 1.82) is 0 Å². The van der Waals surface area contributed by atoms with Gasteiger partial charge in [-0.05, 0) is 49.6 Å². The summed E-state index contributed by atoms with van der Waals surface area (Å²) in [5.74, 6) is -0.274. The van der Waals surface area contributed by atoms with E-state index in [1.807, 2.05) is 18.2 Å². The van der Waals surface area contributed by atoms with Gasteiger partial charge in [0.2, 0.25) is 0 Å². The van der Waals surface area contributed by atoms with Gasteiger partial charge in [-0.3, -0.25) is 10.00 Å². The predicted octanol–water partition coefficient (Wildman–Crippen LogP) is 3.79. The first-order chi connectivity index (χ1) is 12.2. The Morgan fingerprint density at radius 3 is 2.84 bits per heavy atom. The highest BCUT2D eigenvalue weighted by Gasteiger charge is 2.28. The van der Waals surface area contributed by atoms with Crippen molar-refractivity contribution in [2.45, 2.75) is 38.0 Å². The number of aliphatic hydroxyl groups is 1. The molecule has 1 aliphatic rings. The monoisotopic (exact) mass is 339 g/mol. The molecule has 1 saturated heterocycles. The molecule has 4 nitrogen and oxygen atoms in total. The van der Waals surface area contributed by atoms with Crippen LogP contribution in [-0.2, 0) is 6.54 Å². The van der Waals surface area contributed by atoms with E-state index in [1.165, 1.54) is 12.1 Å². The number of hydrogen-bond acceptors (Lipinski definition) is 3. The number of aromatic nitrogens is 2. The third-order valence-electron chi connectivity index (χ3n) is 5.15. The second-order valence-electron chi connectivity index (χ2n) is 6.79. The van der Waals surface area contributed by atoms with E-state index in [-0.39, 0.29) is 5.82 Å². The molecule has 0 saturated carbocycles. The van der Waals surface area contributed by atoms with Crippen LogP contribution in [0, 0.1) is 5.82 Å². The van der Waals surface area contributed by atoms with Crippen LogP contribution in [0.15, 0.2) is 48.5 Å². The van der Waals surface area contributed by atoms with Crippen LogP contribution in [0.3, 0.4) is 0 Å². The van der Waals surface area contributed by atoms with Crippen LogP contribution in [0.1, 0.15) is 36.6 Å². The van der Waals surface area contributed by atoms with Crippen LogP contribution >= 0.6 is 0 Å². The summed E-state index contributed by atoms with van der Waals surface area (Å²) >= 11 is 0. The summed E-state index contributed by atoms with van der Waals surface area (Å²) in [6, 6.07) is 14.6. The second-order valence-corrected chi connectivity index (χ2v) is 6.79. The van der Waals surface area contributed by atoms with E-state index in [4.69, 9.17) is 0 Å². The molecule has 2 N–H and O–H groups in total. The molecule has 5 heteroatoms. The Morgan fingerprint density at radius 1 is 1.20 bits per heavy atom. The SMILES string of the molecule is OC(CC1CCCN1Cc1[nH]nc2ccccc12)c1ccc(F)cc1. The lowest BCUT2D eigenvalue weighted by molar-refractivity contribution is 0.117. The maximum absolute atomic E-state index is 13.1. The third-order valence-corrected chi connectivity index (χ3v) is 5.15. The minimum Gasteiger partial charge on any atom is -0.388 e. The number of likely N-dealkylation sites (tertiary alicyclic amines) is 1. The topological polar surface area (TPSA) is 52.1 Å². The Hall–Kier alpha value is -2.24. The Bertz CT molecular complexity index is 846. The Kier molecular flexibility index (Phi) is 4.51. The van der Waals surface area contributed by atoms with Crippen molar-refractivity contribution < 1.29 is 9.50 Å². The summed E-state index contributed by atoms with van der Waals surface area (Å²) < 4.78 is 13.1. The number of aliphatic hydroxyl groups excluding tert-OH is 1. The molecule has 0 spiro atoms. The van der Waals surface area contributed by atoms with E-state index >= 15 is 0 Å². The molecular formula is C20H22FN3O. The predicted molar refractivity (Wildman–Crippen MR) is 95.5 cm³/mol. The van der Waals surface area contributed by atoms with Crippen LogP contribution < -0.4 is 0 Å². The van der Waals surface area contributed by atoms with Crippen LogP contribution in [-0.4, -0.2) is 32.8 Å². The molecule has 130 valence electrons. The molecule has 2 heterocycles. The Morgan fingerprint density at radius 2 is 2.00 bits per heavy atom. The summed E-state index contributed by atoms with van der Waals surface area (Å²) in [5, 5.41) is 19.2. The fourth-order valence-corrected chi connectivity index (χ4v) is 3.79. The largest absolute Gasteiger partial charge is 0.388 e. The molecule has 2 unspecified atom stereocenters. The fourth-order valence-electron chi connectivity index (χ4n) is 3.79. The quantitative estimate of drug-likeness (QED) is 0.743. The summed E-state index contributed by atoms with van der Waals surface area (Å²) in [4.78, 5) is 2.41. The van der Waals surface area contributed by atoms with Crippen LogP contribution in [0.2, 0.25) is 0 Å². The zero-order valence-electron chi connectivity index (χ0n) is 14.0. The van der Waals surface area contributed by atoms with E-state index in [0.717, 1.165) is 48.1 Å². The first-order valence-electron chi connectivity index (χ1n) is 8.80. The smallest absolute Gasteiger partial charge is 0.123 e. The molecular weight excluding hydrogens is 317 g/mol. The number of rotatable bonds is 5. The number of aromatic amines is 1. The molecule has 1 fully saturated rings. The van der Waals surface area contributed by atoms with Crippen LogP contribution in [0.5, 0.6) is 0 Å². The minimum absolute atomic E-state index is 0.274. The number of H-pyrrole nitrogens is 1. The van der Waals surface area contributed by atoms with Gasteiger partial charge in [-0.1, -0.05) is 30.3 Å². The molecule has 2 aromatic carbocycles. The van der Waals surface area contributed by atoms with Gasteiger partial charge in [0.25, 0.3) is 0 Å². The van der Waals surface area contributed by atoms with E-state index in [0.29, 0.717) is 12.5 Å². The first kappa shape index (κ1) is 16.2. The summed E-state index contributed by atoms with van der Waals surface area (Å²) in [6.07, 6.45) is 2.30. The lowest BCUT2D eigenvalue weighted by Crippen LogP contribution is -2.30.